The molecule has 3 aliphatic rings. The topological polar surface area (TPSA) is 15.3 Å². The summed E-state index contributed by atoms with van der Waals surface area (Å²) in [6.07, 6.45) is 9.88. The van der Waals surface area contributed by atoms with Crippen LogP contribution in [0.4, 0.5) is 11.4 Å². The zero-order valence-corrected chi connectivity index (χ0v) is 12.4. The van der Waals surface area contributed by atoms with E-state index in [0.717, 1.165) is 17.9 Å². The predicted molar refractivity (Wildman–Crippen MR) is 85.4 cm³/mol. The van der Waals surface area contributed by atoms with E-state index < -0.39 is 0 Å². The van der Waals surface area contributed by atoms with E-state index in [0.29, 0.717) is 0 Å². The molecule has 3 fully saturated rings. The van der Waals surface area contributed by atoms with Crippen molar-refractivity contribution in [2.24, 2.45) is 11.8 Å². The van der Waals surface area contributed by atoms with E-state index >= 15 is 0 Å². The average molecular weight is 270 g/mol. The van der Waals surface area contributed by atoms with Crippen LogP contribution in [0.2, 0.25) is 0 Å². The van der Waals surface area contributed by atoms with Gasteiger partial charge in [0.05, 0.1) is 11.4 Å². The fourth-order valence-corrected chi connectivity index (χ4v) is 3.72. The standard InChI is InChI=1S/C18H26N2/c1-4-12-20(13-5-1)17-7-3-2-6-16(17)19-18(14-8-9-14)15-10-11-15/h2-3,6-7,14-15,18-19H,1,4-5,8-13H2. The number of nitrogens with one attached hydrogen (secondary N) is 1. The molecule has 1 N–H and O–H groups in total. The van der Waals surface area contributed by atoms with E-state index in [-0.39, 0.29) is 0 Å². The molecule has 20 heavy (non-hydrogen) atoms. The second kappa shape index (κ2) is 5.31. The lowest BCUT2D eigenvalue weighted by Crippen LogP contribution is -2.31. The van der Waals surface area contributed by atoms with Crippen molar-refractivity contribution < 1.29 is 0 Å². The molecule has 1 heterocycles. The van der Waals surface area contributed by atoms with E-state index in [1.165, 1.54) is 69.4 Å². The fraction of sp³-hybridized carbons (Fsp3) is 0.667. The summed E-state index contributed by atoms with van der Waals surface area (Å²) in [5, 5.41) is 3.93. The SMILES string of the molecule is c1ccc(N2CCCCC2)c(NC(C2CC2)C2CC2)c1. The number of benzene rings is 1. The van der Waals surface area contributed by atoms with E-state index in [2.05, 4.69) is 34.5 Å². The van der Waals surface area contributed by atoms with Gasteiger partial charge in [0.1, 0.15) is 0 Å². The van der Waals surface area contributed by atoms with Crippen LogP contribution >= 0.6 is 0 Å². The highest BCUT2D eigenvalue weighted by molar-refractivity contribution is 5.70. The summed E-state index contributed by atoms with van der Waals surface area (Å²) in [6, 6.07) is 9.73. The summed E-state index contributed by atoms with van der Waals surface area (Å²) in [6.45, 7) is 2.46. The molecule has 1 aliphatic heterocycles. The molecule has 0 bridgehead atoms. The maximum Gasteiger partial charge on any atom is 0.0602 e. The van der Waals surface area contributed by atoms with Crippen LogP contribution in [0.1, 0.15) is 44.9 Å². The first-order chi connectivity index (χ1) is 9.92. The Balaban J connectivity index is 1.53. The van der Waals surface area contributed by atoms with Gasteiger partial charge in [0, 0.05) is 19.1 Å². The summed E-state index contributed by atoms with van der Waals surface area (Å²) in [4.78, 5) is 2.59. The Morgan fingerprint density at radius 1 is 0.900 bits per heavy atom. The van der Waals surface area contributed by atoms with Gasteiger partial charge in [0.25, 0.3) is 0 Å². The van der Waals surface area contributed by atoms with E-state index in [9.17, 15) is 0 Å². The molecular formula is C18H26N2. The molecular weight excluding hydrogens is 244 g/mol. The average Bonchev–Trinajstić information content (AvgIpc) is 3.40. The minimum atomic E-state index is 0.751. The monoisotopic (exact) mass is 270 g/mol. The van der Waals surface area contributed by atoms with Gasteiger partial charge in [0.15, 0.2) is 0 Å². The first kappa shape index (κ1) is 12.6. The van der Waals surface area contributed by atoms with Gasteiger partial charge in [-0.25, -0.2) is 0 Å². The van der Waals surface area contributed by atoms with Crippen LogP contribution in [0.3, 0.4) is 0 Å². The van der Waals surface area contributed by atoms with Gasteiger partial charge in [-0.05, 0) is 68.9 Å². The van der Waals surface area contributed by atoms with Gasteiger partial charge in [-0.2, -0.15) is 0 Å². The van der Waals surface area contributed by atoms with Crippen LogP contribution in [0.15, 0.2) is 24.3 Å². The third-order valence-corrected chi connectivity index (χ3v) is 5.18. The highest BCUT2D eigenvalue weighted by Gasteiger charge is 2.41. The molecule has 2 aliphatic carbocycles. The maximum absolute atomic E-state index is 3.93. The Bertz CT molecular complexity index is 444. The molecule has 1 saturated heterocycles. The summed E-state index contributed by atoms with van der Waals surface area (Å²) in [5.74, 6) is 1.91. The van der Waals surface area contributed by atoms with Crippen LogP contribution < -0.4 is 10.2 Å². The van der Waals surface area contributed by atoms with Crippen molar-refractivity contribution in [2.45, 2.75) is 51.0 Å². The van der Waals surface area contributed by atoms with Gasteiger partial charge in [-0.3, -0.25) is 0 Å². The lowest BCUT2D eigenvalue weighted by Gasteiger charge is -2.32. The van der Waals surface area contributed by atoms with Crippen LogP contribution in [0.25, 0.3) is 0 Å². The smallest absolute Gasteiger partial charge is 0.0602 e. The Hall–Kier alpha value is -1.18. The van der Waals surface area contributed by atoms with Crippen molar-refractivity contribution in [3.8, 4) is 0 Å². The van der Waals surface area contributed by atoms with Crippen molar-refractivity contribution in [3.63, 3.8) is 0 Å². The largest absolute Gasteiger partial charge is 0.380 e. The van der Waals surface area contributed by atoms with Crippen LogP contribution in [-0.4, -0.2) is 19.1 Å². The summed E-state index contributed by atoms with van der Waals surface area (Å²) in [7, 11) is 0. The highest BCUT2D eigenvalue weighted by atomic mass is 15.2. The number of rotatable bonds is 5. The zero-order chi connectivity index (χ0) is 13.4. The molecule has 0 aromatic heterocycles. The number of para-hydroxylation sites is 2. The van der Waals surface area contributed by atoms with Crippen LogP contribution in [0.5, 0.6) is 0 Å². The molecule has 1 aromatic carbocycles. The predicted octanol–water partition coefficient (Wildman–Crippen LogP) is 4.28. The molecule has 0 unspecified atom stereocenters. The maximum atomic E-state index is 3.93. The molecule has 0 amide bonds. The normalized spacial score (nSPS) is 23.1. The van der Waals surface area contributed by atoms with E-state index in [1.807, 2.05) is 0 Å². The number of hydrogen-bond donors (Lipinski definition) is 1. The van der Waals surface area contributed by atoms with Crippen molar-refractivity contribution in [3.05, 3.63) is 24.3 Å². The van der Waals surface area contributed by atoms with Crippen molar-refractivity contribution in [1.82, 2.24) is 0 Å². The Morgan fingerprint density at radius 2 is 1.55 bits per heavy atom. The molecule has 0 radical (unpaired) electrons. The molecule has 2 nitrogen and oxygen atoms in total. The van der Waals surface area contributed by atoms with Crippen molar-refractivity contribution >= 4 is 11.4 Å². The van der Waals surface area contributed by atoms with Crippen LogP contribution in [0, 0.1) is 11.8 Å². The molecule has 2 saturated carbocycles. The number of anilines is 2. The molecule has 0 spiro atoms. The number of nitrogens with zero attached hydrogens (tertiary/aromatic N) is 1. The van der Waals surface area contributed by atoms with Crippen LogP contribution in [-0.2, 0) is 0 Å². The summed E-state index contributed by atoms with van der Waals surface area (Å²) < 4.78 is 0. The van der Waals surface area contributed by atoms with Gasteiger partial charge < -0.3 is 10.2 Å². The van der Waals surface area contributed by atoms with Crippen molar-refractivity contribution in [1.29, 1.82) is 0 Å². The third kappa shape index (κ3) is 2.65. The Morgan fingerprint density at radius 3 is 2.20 bits per heavy atom. The fourth-order valence-electron chi connectivity index (χ4n) is 3.72. The molecule has 108 valence electrons. The van der Waals surface area contributed by atoms with Crippen molar-refractivity contribution in [2.75, 3.05) is 23.3 Å². The summed E-state index contributed by atoms with van der Waals surface area (Å²) >= 11 is 0. The molecule has 4 rings (SSSR count). The molecule has 2 heteroatoms. The quantitative estimate of drug-likeness (QED) is 0.859. The van der Waals surface area contributed by atoms with Gasteiger partial charge >= 0.3 is 0 Å². The lowest BCUT2D eigenvalue weighted by molar-refractivity contribution is 0.563. The van der Waals surface area contributed by atoms with E-state index in [1.54, 1.807) is 0 Å². The first-order valence-corrected chi connectivity index (χ1v) is 8.52. The highest BCUT2D eigenvalue weighted by Crippen LogP contribution is 2.46. The molecule has 1 aromatic rings. The number of piperidine rings is 1. The second-order valence-corrected chi connectivity index (χ2v) is 6.91. The lowest BCUT2D eigenvalue weighted by atomic mass is 10.1. The number of hydrogen-bond acceptors (Lipinski definition) is 2. The zero-order valence-electron chi connectivity index (χ0n) is 12.4. The Labute approximate surface area is 122 Å². The van der Waals surface area contributed by atoms with Gasteiger partial charge in [0.2, 0.25) is 0 Å². The Kier molecular flexibility index (Phi) is 3.33. The summed E-state index contributed by atoms with van der Waals surface area (Å²) in [5.41, 5.74) is 2.83. The third-order valence-electron chi connectivity index (χ3n) is 5.18. The first-order valence-electron chi connectivity index (χ1n) is 8.52. The minimum absolute atomic E-state index is 0.751. The van der Waals surface area contributed by atoms with Gasteiger partial charge in [-0.15, -0.1) is 0 Å². The van der Waals surface area contributed by atoms with E-state index in [4.69, 9.17) is 0 Å². The minimum Gasteiger partial charge on any atom is -0.380 e. The van der Waals surface area contributed by atoms with Gasteiger partial charge in [-0.1, -0.05) is 12.1 Å². The second-order valence-electron chi connectivity index (χ2n) is 6.91. The molecule has 0 atom stereocenters.